The molecule has 1 aliphatic rings. The summed E-state index contributed by atoms with van der Waals surface area (Å²) < 4.78 is 4.24. The predicted octanol–water partition coefficient (Wildman–Crippen LogP) is 6.29. The van der Waals surface area contributed by atoms with Crippen molar-refractivity contribution in [1.82, 2.24) is 9.36 Å². The van der Waals surface area contributed by atoms with Gasteiger partial charge in [0.05, 0.1) is 34.2 Å². The number of aryl methyl sites for hydroxylation is 2. The Kier molecular flexibility index (Phi) is 8.56. The predicted molar refractivity (Wildman–Crippen MR) is 169 cm³/mol. The second-order valence-corrected chi connectivity index (χ2v) is 11.7. The van der Waals surface area contributed by atoms with E-state index in [9.17, 15) is 4.79 Å². The lowest BCUT2D eigenvalue weighted by Crippen LogP contribution is -2.25. The summed E-state index contributed by atoms with van der Waals surface area (Å²) in [7, 11) is 1.93. The molecule has 2 aromatic carbocycles. The lowest BCUT2D eigenvalue weighted by atomic mass is 10.1. The second kappa shape index (κ2) is 12.4. The molecule has 2 aromatic heterocycles. The highest BCUT2D eigenvalue weighted by molar-refractivity contribution is 7.20. The molecule has 0 unspecified atom stereocenters. The van der Waals surface area contributed by atoms with Gasteiger partial charge in [-0.3, -0.25) is 20.7 Å². The first-order valence-corrected chi connectivity index (χ1v) is 14.9. The molecule has 0 aliphatic carbocycles. The van der Waals surface area contributed by atoms with Crippen LogP contribution in [0.15, 0.2) is 48.5 Å². The van der Waals surface area contributed by atoms with E-state index in [0.29, 0.717) is 11.0 Å². The van der Waals surface area contributed by atoms with E-state index >= 15 is 0 Å². The quantitative estimate of drug-likeness (QED) is 0.123. The topological polar surface area (TPSA) is 109 Å². The van der Waals surface area contributed by atoms with Gasteiger partial charge in [0.15, 0.2) is 5.82 Å². The number of benzene rings is 2. The Morgan fingerprint density at radius 2 is 1.68 bits per heavy atom. The largest absolute Gasteiger partial charge is 0.363 e. The van der Waals surface area contributed by atoms with Crippen molar-refractivity contribution in [2.45, 2.75) is 40.0 Å². The number of hydrazine groups is 3. The smallest absolute Gasteiger partial charge is 0.221 e. The van der Waals surface area contributed by atoms with E-state index in [-0.39, 0.29) is 12.2 Å². The Morgan fingerprint density at radius 3 is 2.40 bits per heavy atom. The van der Waals surface area contributed by atoms with Crippen molar-refractivity contribution in [3.05, 3.63) is 65.5 Å². The summed E-state index contributed by atoms with van der Waals surface area (Å²) in [6, 6.07) is 16.7. The minimum Gasteiger partial charge on any atom is -0.363 e. The summed E-state index contributed by atoms with van der Waals surface area (Å²) >= 11 is 3.02. The molecular formula is C28H35N9OS2. The number of thiophene rings is 1. The molecule has 3 heterocycles. The molecule has 1 aliphatic heterocycles. The maximum absolute atomic E-state index is 11.3. The number of hydrogen-bond donors (Lipinski definition) is 5. The van der Waals surface area contributed by atoms with Gasteiger partial charge >= 0.3 is 0 Å². The van der Waals surface area contributed by atoms with Gasteiger partial charge in [0, 0.05) is 31.7 Å². The van der Waals surface area contributed by atoms with E-state index in [0.717, 1.165) is 52.0 Å². The van der Waals surface area contributed by atoms with E-state index in [1.54, 1.807) is 11.3 Å². The van der Waals surface area contributed by atoms with Gasteiger partial charge < -0.3 is 21.2 Å². The molecule has 0 spiro atoms. The average molecular weight is 578 g/mol. The third-order valence-electron chi connectivity index (χ3n) is 6.60. The number of ketones is 1. The Bertz CT molecular complexity index is 1460. The van der Waals surface area contributed by atoms with Gasteiger partial charge in [0.25, 0.3) is 0 Å². The summed E-state index contributed by atoms with van der Waals surface area (Å²) in [4.78, 5) is 18.1. The van der Waals surface area contributed by atoms with Gasteiger partial charge in [-0.05, 0) is 93.3 Å². The summed E-state index contributed by atoms with van der Waals surface area (Å²) in [6.45, 7) is 7.98. The van der Waals surface area contributed by atoms with Crippen molar-refractivity contribution >= 4 is 66.5 Å². The third-order valence-corrected chi connectivity index (χ3v) is 8.32. The molecule has 1 fully saturated rings. The highest BCUT2D eigenvalue weighted by Gasteiger charge is 2.14. The second-order valence-electron chi connectivity index (χ2n) is 9.93. The van der Waals surface area contributed by atoms with E-state index in [2.05, 4.69) is 85.6 Å². The molecular weight excluding hydrogens is 543 g/mol. The van der Waals surface area contributed by atoms with Crippen LogP contribution in [0.2, 0.25) is 0 Å². The maximum atomic E-state index is 11.3. The van der Waals surface area contributed by atoms with Crippen LogP contribution in [0.25, 0.3) is 0 Å². The number of nitrogens with zero attached hydrogens (tertiary/aromatic N) is 4. The highest BCUT2D eigenvalue weighted by atomic mass is 32.1. The van der Waals surface area contributed by atoms with Gasteiger partial charge in [-0.2, -0.15) is 4.37 Å². The minimum absolute atomic E-state index is 0.0467. The van der Waals surface area contributed by atoms with Gasteiger partial charge in [0.1, 0.15) is 10.8 Å². The number of Topliss-reactive ketones (excluding diaryl/α,β-unsaturated/α-hetero) is 1. The lowest BCUT2D eigenvalue weighted by molar-refractivity contribution is -0.116. The fourth-order valence-corrected chi connectivity index (χ4v) is 6.10. The molecule has 1 saturated heterocycles. The molecule has 5 rings (SSSR count). The number of aromatic nitrogens is 2. The molecule has 0 bridgehead atoms. The molecule has 10 nitrogen and oxygen atoms in total. The van der Waals surface area contributed by atoms with Crippen LogP contribution in [0.1, 0.15) is 36.7 Å². The number of anilines is 7. The molecule has 0 radical (unpaired) electrons. The molecule has 210 valence electrons. The van der Waals surface area contributed by atoms with Crippen LogP contribution in [0, 0.1) is 13.8 Å². The van der Waals surface area contributed by atoms with Crippen molar-refractivity contribution < 1.29 is 4.79 Å². The molecule has 0 amide bonds. The Hall–Kier alpha value is -4.03. The zero-order valence-corrected chi connectivity index (χ0v) is 24.8. The van der Waals surface area contributed by atoms with Crippen molar-refractivity contribution in [2.24, 2.45) is 0 Å². The fraction of sp³-hybridized carbons (Fsp3) is 0.321. The molecule has 5 N–H and O–H groups in total. The maximum Gasteiger partial charge on any atom is 0.221 e. The van der Waals surface area contributed by atoms with E-state index in [1.165, 1.54) is 36.3 Å². The number of rotatable bonds is 12. The molecule has 12 heteroatoms. The van der Waals surface area contributed by atoms with E-state index in [4.69, 9.17) is 0 Å². The SMILES string of the molecule is CC(=O)Cc1nsc(NN(C)c2ccc(NNc3ccc(NNc4ccc(N5CCCC5)s4)cc3C)cc2C)n1. The zero-order valence-electron chi connectivity index (χ0n) is 23.2. The first kappa shape index (κ1) is 27.5. The lowest BCUT2D eigenvalue weighted by Gasteiger charge is -2.22. The molecule has 0 saturated carbocycles. The molecule has 0 atom stereocenters. The zero-order chi connectivity index (χ0) is 28.1. The van der Waals surface area contributed by atoms with E-state index < -0.39 is 0 Å². The van der Waals surface area contributed by atoms with Crippen molar-refractivity contribution in [3.8, 4) is 0 Å². The van der Waals surface area contributed by atoms with Crippen LogP contribution < -0.4 is 37.0 Å². The Morgan fingerprint density at radius 1 is 0.950 bits per heavy atom. The number of carbonyl (C=O) groups excluding carboxylic acids is 1. The Balaban J connectivity index is 1.13. The number of hydrogen-bond acceptors (Lipinski definition) is 12. The van der Waals surface area contributed by atoms with Crippen LogP contribution >= 0.6 is 22.9 Å². The van der Waals surface area contributed by atoms with Crippen LogP contribution in [-0.2, 0) is 11.2 Å². The van der Waals surface area contributed by atoms with Gasteiger partial charge in [-0.25, -0.2) is 4.98 Å². The standard InChI is InChI=1S/C28H35N9OS2/c1-18-15-21(31-33-26-11-12-27(39-26)37-13-5-6-14-37)7-9-23(18)32-30-22-8-10-24(19(2)16-22)36(4)34-28-29-25(35-40-28)17-20(3)38/h7-12,15-16,30-33H,5-6,13-14,17H2,1-4H3,(H,29,34,35). The first-order chi connectivity index (χ1) is 19.3. The van der Waals surface area contributed by atoms with Crippen molar-refractivity contribution in [3.63, 3.8) is 0 Å². The molecule has 4 aromatic rings. The molecule has 40 heavy (non-hydrogen) atoms. The highest BCUT2D eigenvalue weighted by Crippen LogP contribution is 2.32. The normalized spacial score (nSPS) is 12.8. The summed E-state index contributed by atoms with van der Waals surface area (Å²) in [5, 5.41) is 4.97. The average Bonchev–Trinajstić information content (AvgIpc) is 3.69. The Labute approximate surface area is 242 Å². The van der Waals surface area contributed by atoms with Crippen LogP contribution in [0.4, 0.5) is 37.9 Å². The van der Waals surface area contributed by atoms with E-state index in [1.807, 2.05) is 30.3 Å². The summed E-state index contributed by atoms with van der Waals surface area (Å²) in [6.07, 6.45) is 2.81. The van der Waals surface area contributed by atoms with Gasteiger partial charge in [-0.15, -0.1) is 0 Å². The number of nitrogens with one attached hydrogen (secondary N) is 5. The minimum atomic E-state index is 0.0467. The number of carbonyl (C=O) groups is 1. The third kappa shape index (κ3) is 6.93. The first-order valence-electron chi connectivity index (χ1n) is 13.3. The van der Waals surface area contributed by atoms with Crippen molar-refractivity contribution in [2.75, 3.05) is 57.2 Å². The fourth-order valence-electron chi connectivity index (χ4n) is 4.56. The van der Waals surface area contributed by atoms with Crippen LogP contribution in [0.3, 0.4) is 0 Å². The van der Waals surface area contributed by atoms with Crippen LogP contribution in [0.5, 0.6) is 0 Å². The summed E-state index contributed by atoms with van der Waals surface area (Å²) in [5.41, 5.74) is 22.7. The van der Waals surface area contributed by atoms with Crippen LogP contribution in [-0.4, -0.2) is 35.3 Å². The van der Waals surface area contributed by atoms with Gasteiger partial charge in [0.2, 0.25) is 5.13 Å². The summed E-state index contributed by atoms with van der Waals surface area (Å²) in [5.74, 6) is 0.589. The van der Waals surface area contributed by atoms with Gasteiger partial charge in [-0.1, -0.05) is 11.3 Å². The van der Waals surface area contributed by atoms with Crippen molar-refractivity contribution in [1.29, 1.82) is 0 Å². The monoisotopic (exact) mass is 577 g/mol.